The van der Waals surface area contributed by atoms with Gasteiger partial charge in [0, 0.05) is 19.2 Å². The number of nitrogens with one attached hydrogen (secondary N) is 1. The van der Waals surface area contributed by atoms with Gasteiger partial charge in [-0.25, -0.2) is 16.8 Å². The maximum atomic E-state index is 12.7. The SMILES string of the molecule is CCS(=O)(=O)Nc1ccc(S(=O)(=O)N(C)[C@@H](C)CC#N)c(OC)c1. The standard InChI is InChI=1S/C14H21N3O5S2/c1-5-23(18,19)16-12-6-7-14(13(10-12)22-4)24(20,21)17(3)11(2)8-9-15/h6-7,10-11,16H,5,8H2,1-4H3/t11-/m0/s1. The van der Waals surface area contributed by atoms with Gasteiger partial charge in [0.25, 0.3) is 0 Å². The van der Waals surface area contributed by atoms with Crippen LogP contribution in [-0.2, 0) is 20.0 Å². The predicted molar refractivity (Wildman–Crippen MR) is 90.7 cm³/mol. The van der Waals surface area contributed by atoms with E-state index in [1.54, 1.807) is 6.92 Å². The average Bonchev–Trinajstić information content (AvgIpc) is 2.53. The van der Waals surface area contributed by atoms with Crippen molar-refractivity contribution in [1.29, 1.82) is 5.26 Å². The molecule has 0 amide bonds. The zero-order chi connectivity index (χ0) is 18.5. The first kappa shape index (κ1) is 20.2. The second kappa shape index (κ2) is 7.83. The lowest BCUT2D eigenvalue weighted by molar-refractivity contribution is 0.379. The molecule has 0 aliphatic rings. The molecule has 0 fully saturated rings. The first-order chi connectivity index (χ1) is 11.1. The Morgan fingerprint density at radius 1 is 1.33 bits per heavy atom. The lowest BCUT2D eigenvalue weighted by Crippen LogP contribution is -2.35. The van der Waals surface area contributed by atoms with E-state index in [4.69, 9.17) is 10.00 Å². The lowest BCUT2D eigenvalue weighted by Gasteiger charge is -2.23. The minimum atomic E-state index is -3.89. The van der Waals surface area contributed by atoms with E-state index in [2.05, 4.69) is 4.72 Å². The molecule has 0 bridgehead atoms. The largest absolute Gasteiger partial charge is 0.495 e. The van der Waals surface area contributed by atoms with Crippen LogP contribution in [0.4, 0.5) is 5.69 Å². The zero-order valence-electron chi connectivity index (χ0n) is 14.0. The Labute approximate surface area is 143 Å². The van der Waals surface area contributed by atoms with Gasteiger partial charge in [0.05, 0.1) is 31.0 Å². The summed E-state index contributed by atoms with van der Waals surface area (Å²) in [6.45, 7) is 3.11. The zero-order valence-corrected chi connectivity index (χ0v) is 15.6. The van der Waals surface area contributed by atoms with E-state index in [0.29, 0.717) is 0 Å². The highest BCUT2D eigenvalue weighted by Crippen LogP contribution is 2.30. The molecule has 1 N–H and O–H groups in total. The van der Waals surface area contributed by atoms with Crippen LogP contribution in [0.2, 0.25) is 0 Å². The molecule has 1 atom stereocenters. The first-order valence-electron chi connectivity index (χ1n) is 7.12. The molecule has 1 rings (SSSR count). The molecule has 8 nitrogen and oxygen atoms in total. The van der Waals surface area contributed by atoms with E-state index in [1.165, 1.54) is 39.3 Å². The first-order valence-corrected chi connectivity index (χ1v) is 10.2. The monoisotopic (exact) mass is 375 g/mol. The molecular weight excluding hydrogens is 354 g/mol. The summed E-state index contributed by atoms with van der Waals surface area (Å²) in [6, 6.07) is 5.35. The predicted octanol–water partition coefficient (Wildman–Crippen LogP) is 1.38. The quantitative estimate of drug-likeness (QED) is 0.733. The molecule has 0 aliphatic heterocycles. The Morgan fingerprint density at radius 3 is 2.46 bits per heavy atom. The van der Waals surface area contributed by atoms with Crippen molar-refractivity contribution in [3.8, 4) is 11.8 Å². The van der Waals surface area contributed by atoms with Crippen LogP contribution in [0.5, 0.6) is 5.75 Å². The van der Waals surface area contributed by atoms with Crippen LogP contribution in [0.3, 0.4) is 0 Å². The van der Waals surface area contributed by atoms with Crippen molar-refractivity contribution in [3.63, 3.8) is 0 Å². The van der Waals surface area contributed by atoms with Crippen LogP contribution in [-0.4, -0.2) is 47.1 Å². The molecule has 0 aromatic heterocycles. The van der Waals surface area contributed by atoms with Crippen molar-refractivity contribution in [2.75, 3.05) is 24.6 Å². The minimum Gasteiger partial charge on any atom is -0.495 e. The van der Waals surface area contributed by atoms with Gasteiger partial charge < -0.3 is 4.74 Å². The second-order valence-corrected chi connectivity index (χ2v) is 9.08. The number of ether oxygens (including phenoxy) is 1. The summed E-state index contributed by atoms with van der Waals surface area (Å²) in [6.07, 6.45) is 0.0480. The van der Waals surface area contributed by atoms with Gasteiger partial charge >= 0.3 is 0 Å². The number of hydrogen-bond donors (Lipinski definition) is 1. The van der Waals surface area contributed by atoms with E-state index < -0.39 is 26.1 Å². The van der Waals surface area contributed by atoms with Crippen molar-refractivity contribution in [3.05, 3.63) is 18.2 Å². The average molecular weight is 375 g/mol. The molecule has 134 valence electrons. The second-order valence-electron chi connectivity index (χ2n) is 5.10. The van der Waals surface area contributed by atoms with E-state index in [0.717, 1.165) is 4.31 Å². The van der Waals surface area contributed by atoms with Crippen molar-refractivity contribution in [2.45, 2.75) is 31.2 Å². The molecule has 0 radical (unpaired) electrons. The Kier molecular flexibility index (Phi) is 6.59. The number of nitriles is 1. The summed E-state index contributed by atoms with van der Waals surface area (Å²) in [5.74, 6) is -0.0913. The van der Waals surface area contributed by atoms with Gasteiger partial charge in [-0.2, -0.15) is 9.57 Å². The van der Waals surface area contributed by atoms with Crippen LogP contribution in [0.15, 0.2) is 23.1 Å². The Bertz CT molecular complexity index is 828. The van der Waals surface area contributed by atoms with Gasteiger partial charge in [-0.15, -0.1) is 0 Å². The molecule has 0 unspecified atom stereocenters. The summed E-state index contributed by atoms with van der Waals surface area (Å²) in [7, 11) is -4.70. The molecule has 24 heavy (non-hydrogen) atoms. The third-order valence-corrected chi connectivity index (χ3v) is 6.80. The topological polar surface area (TPSA) is 117 Å². The number of hydrogen-bond acceptors (Lipinski definition) is 6. The highest BCUT2D eigenvalue weighted by atomic mass is 32.2. The van der Waals surface area contributed by atoms with Crippen LogP contribution in [0, 0.1) is 11.3 Å². The van der Waals surface area contributed by atoms with Gasteiger partial charge in [0.15, 0.2) is 0 Å². The highest BCUT2D eigenvalue weighted by Gasteiger charge is 2.28. The summed E-state index contributed by atoms with van der Waals surface area (Å²) in [4.78, 5) is -0.100. The fraction of sp³-hybridized carbons (Fsp3) is 0.500. The fourth-order valence-electron chi connectivity index (χ4n) is 1.85. The number of sulfonamides is 2. The van der Waals surface area contributed by atoms with Gasteiger partial charge in [-0.05, 0) is 26.0 Å². The Balaban J connectivity index is 3.28. The minimum absolute atomic E-state index is 0.0160. The molecule has 0 saturated heterocycles. The summed E-state index contributed by atoms with van der Waals surface area (Å²) in [5.41, 5.74) is 0.209. The van der Waals surface area contributed by atoms with Crippen LogP contribution < -0.4 is 9.46 Å². The Morgan fingerprint density at radius 2 is 1.96 bits per heavy atom. The van der Waals surface area contributed by atoms with Gasteiger partial charge in [0.2, 0.25) is 20.0 Å². The maximum Gasteiger partial charge on any atom is 0.246 e. The molecule has 1 aromatic rings. The molecule has 1 aromatic carbocycles. The smallest absolute Gasteiger partial charge is 0.246 e. The summed E-state index contributed by atoms with van der Waals surface area (Å²) in [5, 5.41) is 8.73. The molecule has 0 saturated carbocycles. The number of benzene rings is 1. The summed E-state index contributed by atoms with van der Waals surface area (Å²) >= 11 is 0. The normalized spacial score (nSPS) is 13.3. The number of anilines is 1. The highest BCUT2D eigenvalue weighted by molar-refractivity contribution is 7.92. The molecule has 0 aliphatic carbocycles. The third-order valence-electron chi connectivity index (χ3n) is 3.48. The molecule has 10 heteroatoms. The van der Waals surface area contributed by atoms with Crippen LogP contribution >= 0.6 is 0 Å². The van der Waals surface area contributed by atoms with E-state index in [1.807, 2.05) is 6.07 Å². The summed E-state index contributed by atoms with van der Waals surface area (Å²) < 4.78 is 57.1. The van der Waals surface area contributed by atoms with Crippen LogP contribution in [0.25, 0.3) is 0 Å². The number of rotatable bonds is 8. The van der Waals surface area contributed by atoms with Crippen LogP contribution in [0.1, 0.15) is 20.3 Å². The van der Waals surface area contributed by atoms with Gasteiger partial charge in [0.1, 0.15) is 10.6 Å². The van der Waals surface area contributed by atoms with Crippen molar-refractivity contribution in [2.24, 2.45) is 0 Å². The Hall–Kier alpha value is -1.83. The maximum absolute atomic E-state index is 12.7. The fourth-order valence-corrected chi connectivity index (χ4v) is 3.97. The van der Waals surface area contributed by atoms with E-state index in [9.17, 15) is 16.8 Å². The lowest BCUT2D eigenvalue weighted by atomic mass is 10.3. The van der Waals surface area contributed by atoms with Gasteiger partial charge in [-0.3, -0.25) is 4.72 Å². The molecular formula is C14H21N3O5S2. The third kappa shape index (κ3) is 4.59. The van der Waals surface area contributed by atoms with Crippen molar-refractivity contribution in [1.82, 2.24) is 4.31 Å². The molecule has 0 spiro atoms. The van der Waals surface area contributed by atoms with Crippen molar-refractivity contribution >= 4 is 25.7 Å². The van der Waals surface area contributed by atoms with Gasteiger partial charge in [-0.1, -0.05) is 0 Å². The van der Waals surface area contributed by atoms with E-state index >= 15 is 0 Å². The van der Waals surface area contributed by atoms with E-state index in [-0.39, 0.29) is 28.5 Å². The number of nitrogens with zero attached hydrogens (tertiary/aromatic N) is 2. The van der Waals surface area contributed by atoms with Crippen molar-refractivity contribution < 1.29 is 21.6 Å². The molecule has 0 heterocycles. The number of methoxy groups -OCH3 is 1.